The first-order valence-electron chi connectivity index (χ1n) is 30.2. The molecule has 0 aliphatic heterocycles. The van der Waals surface area contributed by atoms with Crippen molar-refractivity contribution in [1.29, 1.82) is 0 Å². The monoisotopic (exact) mass is 1040 g/mol. The van der Waals surface area contributed by atoms with Crippen molar-refractivity contribution in [3.8, 4) is 39.8 Å². The molecule has 1 aliphatic carbocycles. The molecule has 10 rings (SSSR count). The number of hydrogen-bond acceptors (Lipinski definition) is 2. The van der Waals surface area contributed by atoms with Gasteiger partial charge in [0.25, 0.3) is 6.33 Å². The normalized spacial score (nSPS) is 21.4. The first-order chi connectivity index (χ1) is 37.8. The van der Waals surface area contributed by atoms with Gasteiger partial charge in [0, 0.05) is 66.2 Å². The van der Waals surface area contributed by atoms with E-state index in [1.54, 1.807) is 63.9 Å². The van der Waals surface area contributed by atoms with E-state index in [0.29, 0.717) is 33.9 Å². The number of ether oxygens (including phenoxy) is 1. The van der Waals surface area contributed by atoms with Crippen LogP contribution in [-0.4, -0.2) is 14.1 Å². The minimum atomic E-state index is -4.48. The molecule has 0 bridgehead atoms. The van der Waals surface area contributed by atoms with Crippen LogP contribution in [0.5, 0.6) is 11.5 Å². The zero-order valence-electron chi connectivity index (χ0n) is 55.0. The molecule has 0 amide bonds. The van der Waals surface area contributed by atoms with Crippen molar-refractivity contribution >= 4 is 32.8 Å². The predicted octanol–water partition coefficient (Wildman–Crippen LogP) is 14.2. The Hall–Kier alpha value is -5.77. The topological polar surface area (TPSA) is 35.9 Å². The Balaban J connectivity index is 0.00000828. The second-order valence-electron chi connectivity index (χ2n) is 18.1. The number of fused-ring (bicyclic) bond motifs is 5. The zero-order chi connectivity index (χ0) is 60.2. The molecule has 0 spiro atoms. The van der Waals surface area contributed by atoms with Crippen LogP contribution in [0.3, 0.4) is 0 Å². The van der Waals surface area contributed by atoms with Crippen LogP contribution in [0.25, 0.3) is 61.2 Å². The quantitative estimate of drug-likeness (QED) is 0.123. The Kier molecular flexibility index (Phi) is 6.46. The number of nitrogens with zero attached hydrogens (tertiary/aromatic N) is 4. The predicted molar refractivity (Wildman–Crippen MR) is 258 cm³/mol. The van der Waals surface area contributed by atoms with E-state index in [0.717, 1.165) is 27.4 Å². The minimum Gasteiger partial charge on any atom is -0.510 e. The summed E-state index contributed by atoms with van der Waals surface area (Å²) in [6.07, 6.45) is -3.75. The maximum atomic E-state index is 10.1. The van der Waals surface area contributed by atoms with Crippen molar-refractivity contribution in [3.63, 3.8) is 0 Å². The number of benzene rings is 6. The van der Waals surface area contributed by atoms with E-state index < -0.39 is 91.2 Å². The van der Waals surface area contributed by atoms with Gasteiger partial charge in [0.15, 0.2) is 0 Å². The standard InChI is InChI=1S/C58H56N4O.Pt/c1-55(2,3)39-29-32-59-53(34-39)62-49-22-12-11-19-44(49)45-27-26-42(36-52(45)62)63-41-18-15-17-40(35-41)60-37-61(51-24-14-13-23-50(51)60)54-43(20-16-21-47(54)56(4,5)6)38-25-28-46-48(33-38)58(9,10)31-30-57(46,7)8;/h11-29,32-34H,30-31H2,1-10H3;/q-2;/i7D3,8D3,9D3,10D3,25D,28D,30D2,31D2,33D;. The van der Waals surface area contributed by atoms with Crippen molar-refractivity contribution < 1.29 is 56.4 Å². The molecule has 6 aromatic carbocycles. The van der Waals surface area contributed by atoms with Crippen LogP contribution in [0.2, 0.25) is 0 Å². The SMILES string of the molecule is [2H]c1c([2H])c2c(c([2H])c1-c1cccc(C(C)(C)C)c1-[n+]1[c-]n(-c3[c-]c(Oc4[c-]c5c(cc4)c4ccccc4n5-c4cc(C(C)(C)C)ccn4)ccc3)c3ccccc31)C(C([2H])([2H])[2H])(C([2H])([2H])[2H])C([2H])([2H])C([2H])([2H])C2(C([2H])([2H])[2H])C([2H])([2H])[2H].[Pt]. The number of rotatable bonds is 6. The summed E-state index contributed by atoms with van der Waals surface area (Å²) in [5.41, 5.74) is -8.60. The van der Waals surface area contributed by atoms with Gasteiger partial charge in [0.1, 0.15) is 5.82 Å². The van der Waals surface area contributed by atoms with Gasteiger partial charge in [-0.05, 0) is 97.1 Å². The van der Waals surface area contributed by atoms with Crippen molar-refractivity contribution in [2.45, 2.75) is 103 Å². The Bertz CT molecular complexity index is 4040. The second kappa shape index (κ2) is 15.7. The number of pyridine rings is 1. The molecule has 0 atom stereocenters. The van der Waals surface area contributed by atoms with Gasteiger partial charge in [-0.3, -0.25) is 4.57 Å². The summed E-state index contributed by atoms with van der Waals surface area (Å²) in [5.74, 6) is 1.36. The van der Waals surface area contributed by atoms with Gasteiger partial charge in [0.2, 0.25) is 0 Å². The summed E-state index contributed by atoms with van der Waals surface area (Å²) in [6.45, 7) is -4.81. The Morgan fingerprint density at radius 2 is 1.45 bits per heavy atom. The van der Waals surface area contributed by atoms with Crippen molar-refractivity contribution in [2.75, 3.05) is 0 Å². The fourth-order valence-electron chi connectivity index (χ4n) is 8.33. The smallest absolute Gasteiger partial charge is 0.268 e. The first kappa shape index (κ1) is 26.3. The molecule has 64 heavy (non-hydrogen) atoms. The van der Waals surface area contributed by atoms with Crippen molar-refractivity contribution in [3.05, 3.63) is 174 Å². The van der Waals surface area contributed by atoms with Gasteiger partial charge in [-0.15, -0.1) is 29.7 Å². The van der Waals surface area contributed by atoms with Gasteiger partial charge in [-0.25, -0.2) is 4.98 Å². The van der Waals surface area contributed by atoms with Crippen molar-refractivity contribution in [2.24, 2.45) is 0 Å². The molecule has 0 N–H and O–H groups in total. The van der Waals surface area contributed by atoms with Crippen LogP contribution in [0.15, 0.2) is 134 Å². The molecule has 9 aromatic rings. The average Bonchev–Trinajstić information content (AvgIpc) is 1.21. The third-order valence-corrected chi connectivity index (χ3v) is 11.5. The maximum Gasteiger partial charge on any atom is 0.268 e. The second-order valence-corrected chi connectivity index (χ2v) is 18.1. The zero-order valence-corrected chi connectivity index (χ0v) is 38.3. The van der Waals surface area contributed by atoms with E-state index in [-0.39, 0.29) is 43.5 Å². The third kappa shape index (κ3) is 7.50. The molecule has 3 aromatic heterocycles. The van der Waals surface area contributed by atoms with E-state index in [2.05, 4.69) is 49.9 Å². The Morgan fingerprint density at radius 3 is 2.22 bits per heavy atom. The maximum absolute atomic E-state index is 10.1. The largest absolute Gasteiger partial charge is 0.510 e. The molecule has 0 fully saturated rings. The van der Waals surface area contributed by atoms with Gasteiger partial charge in [-0.1, -0.05) is 153 Å². The molecule has 326 valence electrons. The van der Waals surface area contributed by atoms with E-state index in [1.165, 1.54) is 12.1 Å². The van der Waals surface area contributed by atoms with Crippen LogP contribution in [0.1, 0.15) is 130 Å². The van der Waals surface area contributed by atoms with Gasteiger partial charge in [-0.2, -0.15) is 18.2 Å². The fourth-order valence-corrected chi connectivity index (χ4v) is 8.33. The van der Waals surface area contributed by atoms with Gasteiger partial charge < -0.3 is 13.9 Å². The van der Waals surface area contributed by atoms with E-state index >= 15 is 0 Å². The molecule has 0 saturated heterocycles. The number of hydrogen-bond donors (Lipinski definition) is 0. The van der Waals surface area contributed by atoms with Crippen LogP contribution >= 0.6 is 0 Å². The molecule has 5 nitrogen and oxygen atoms in total. The first-order valence-corrected chi connectivity index (χ1v) is 20.7. The van der Waals surface area contributed by atoms with E-state index in [9.17, 15) is 9.60 Å². The molecule has 1 aliphatic rings. The van der Waals surface area contributed by atoms with Crippen molar-refractivity contribution in [1.82, 2.24) is 14.1 Å². The number of aromatic nitrogens is 4. The summed E-state index contributed by atoms with van der Waals surface area (Å²) in [5, 5.41) is 1.93. The van der Waals surface area contributed by atoms with Crippen LogP contribution < -0.4 is 9.30 Å². The number of imidazole rings is 1. The molecular weight excluding hydrogens is 964 g/mol. The molecule has 0 radical (unpaired) electrons. The molecule has 3 heterocycles. The molecular formula is C58H56N4OPt-2. The Morgan fingerprint density at radius 1 is 0.734 bits per heavy atom. The summed E-state index contributed by atoms with van der Waals surface area (Å²) in [7, 11) is 0. The molecule has 0 saturated carbocycles. The summed E-state index contributed by atoms with van der Waals surface area (Å²) in [4.78, 5) is 4.78. The average molecular weight is 1040 g/mol. The van der Waals surface area contributed by atoms with Crippen LogP contribution in [0.4, 0.5) is 0 Å². The summed E-state index contributed by atoms with van der Waals surface area (Å²) in [6, 6.07) is 35.9. The molecule has 0 unspecified atom stereocenters. The van der Waals surface area contributed by atoms with E-state index in [4.69, 9.17) is 26.2 Å². The van der Waals surface area contributed by atoms with Crippen LogP contribution in [-0.2, 0) is 42.7 Å². The fraction of sp³-hybridized carbons (Fsp3) is 0.276. The van der Waals surface area contributed by atoms with E-state index in [1.807, 2.05) is 63.2 Å². The number of para-hydroxylation sites is 4. The third-order valence-electron chi connectivity index (χ3n) is 11.5. The summed E-state index contributed by atoms with van der Waals surface area (Å²) < 4.78 is 184. The van der Waals surface area contributed by atoms with Gasteiger partial charge >= 0.3 is 0 Å². The van der Waals surface area contributed by atoms with Gasteiger partial charge in [0.05, 0.1) is 20.8 Å². The minimum absolute atomic E-state index is 0. The van der Waals surface area contributed by atoms with Crippen LogP contribution in [0, 0.1) is 18.5 Å². The Labute approximate surface area is 419 Å². The summed E-state index contributed by atoms with van der Waals surface area (Å²) >= 11 is 0. The molecule has 6 heteroatoms.